The molecule has 0 aliphatic carbocycles. The SMILES string of the molecule is O[C@@H](COc1ccc2ccccc2c1)CN(Cc1ccccc1)Cc1ccccc1. The minimum atomic E-state index is -0.580. The minimum Gasteiger partial charge on any atom is -0.491 e. The van der Waals surface area contributed by atoms with Crippen LogP contribution in [0.3, 0.4) is 0 Å². The highest BCUT2D eigenvalue weighted by Crippen LogP contribution is 2.21. The van der Waals surface area contributed by atoms with Gasteiger partial charge in [0.05, 0.1) is 0 Å². The Morgan fingerprint density at radius 3 is 1.87 bits per heavy atom. The summed E-state index contributed by atoms with van der Waals surface area (Å²) < 4.78 is 5.90. The number of hydrogen-bond acceptors (Lipinski definition) is 3. The zero-order valence-electron chi connectivity index (χ0n) is 17.0. The fourth-order valence-corrected chi connectivity index (χ4v) is 3.67. The maximum absolute atomic E-state index is 10.7. The summed E-state index contributed by atoms with van der Waals surface area (Å²) in [5.74, 6) is 0.783. The Hall–Kier alpha value is -3.14. The van der Waals surface area contributed by atoms with Gasteiger partial charge in [-0.3, -0.25) is 4.90 Å². The summed E-state index contributed by atoms with van der Waals surface area (Å²) in [6, 6.07) is 35.0. The maximum atomic E-state index is 10.7. The van der Waals surface area contributed by atoms with Gasteiger partial charge < -0.3 is 9.84 Å². The van der Waals surface area contributed by atoms with Crippen molar-refractivity contribution in [2.75, 3.05) is 13.2 Å². The van der Waals surface area contributed by atoms with Crippen LogP contribution in [0.1, 0.15) is 11.1 Å². The number of hydrogen-bond donors (Lipinski definition) is 1. The third kappa shape index (κ3) is 5.69. The van der Waals surface area contributed by atoms with Crippen molar-refractivity contribution in [1.82, 2.24) is 4.90 Å². The highest BCUT2D eigenvalue weighted by molar-refractivity contribution is 5.83. The first kappa shape index (κ1) is 20.1. The van der Waals surface area contributed by atoms with E-state index in [1.165, 1.54) is 16.5 Å². The van der Waals surface area contributed by atoms with Crippen molar-refractivity contribution in [2.24, 2.45) is 0 Å². The zero-order valence-corrected chi connectivity index (χ0v) is 17.0. The van der Waals surface area contributed by atoms with E-state index in [1.54, 1.807) is 0 Å². The summed E-state index contributed by atoms with van der Waals surface area (Å²) in [6.45, 7) is 2.36. The lowest BCUT2D eigenvalue weighted by Crippen LogP contribution is -2.35. The number of fused-ring (bicyclic) bond motifs is 1. The first-order valence-corrected chi connectivity index (χ1v) is 10.4. The van der Waals surface area contributed by atoms with Crippen LogP contribution in [-0.4, -0.2) is 29.3 Å². The van der Waals surface area contributed by atoms with Crippen molar-refractivity contribution in [3.8, 4) is 5.75 Å². The predicted molar refractivity (Wildman–Crippen MR) is 122 cm³/mol. The van der Waals surface area contributed by atoms with E-state index in [1.807, 2.05) is 42.5 Å². The third-order valence-electron chi connectivity index (χ3n) is 5.13. The lowest BCUT2D eigenvalue weighted by molar-refractivity contribution is 0.0629. The van der Waals surface area contributed by atoms with Crippen molar-refractivity contribution >= 4 is 10.8 Å². The molecule has 4 aromatic carbocycles. The summed E-state index contributed by atoms with van der Waals surface area (Å²) in [5, 5.41) is 13.0. The molecule has 4 rings (SSSR count). The lowest BCUT2D eigenvalue weighted by atomic mass is 10.1. The molecule has 0 radical (unpaired) electrons. The van der Waals surface area contributed by atoms with E-state index >= 15 is 0 Å². The number of nitrogens with zero attached hydrogens (tertiary/aromatic N) is 1. The highest BCUT2D eigenvalue weighted by Gasteiger charge is 2.14. The van der Waals surface area contributed by atoms with Gasteiger partial charge >= 0.3 is 0 Å². The van der Waals surface area contributed by atoms with Crippen molar-refractivity contribution < 1.29 is 9.84 Å². The van der Waals surface area contributed by atoms with E-state index in [0.29, 0.717) is 6.54 Å². The van der Waals surface area contributed by atoms with E-state index < -0.39 is 6.10 Å². The summed E-state index contributed by atoms with van der Waals surface area (Å²) in [6.07, 6.45) is -0.580. The molecule has 0 amide bonds. The number of benzene rings is 4. The molecule has 0 aromatic heterocycles. The number of aliphatic hydroxyl groups excluding tert-OH is 1. The number of aliphatic hydroxyl groups is 1. The van der Waals surface area contributed by atoms with Gasteiger partial charge in [0.1, 0.15) is 18.5 Å². The fraction of sp³-hybridized carbons (Fsp3) is 0.185. The van der Waals surface area contributed by atoms with Gasteiger partial charge in [0.15, 0.2) is 0 Å². The first-order chi connectivity index (χ1) is 14.8. The molecule has 0 saturated carbocycles. The van der Waals surface area contributed by atoms with Crippen molar-refractivity contribution in [1.29, 1.82) is 0 Å². The molecule has 0 saturated heterocycles. The quantitative estimate of drug-likeness (QED) is 0.417. The van der Waals surface area contributed by atoms with E-state index in [4.69, 9.17) is 4.74 Å². The van der Waals surface area contributed by atoms with Crippen LogP contribution < -0.4 is 4.74 Å². The van der Waals surface area contributed by atoms with Crippen LogP contribution in [0.5, 0.6) is 5.75 Å². The molecule has 0 aliphatic rings. The molecule has 1 atom stereocenters. The molecule has 0 fully saturated rings. The zero-order chi connectivity index (χ0) is 20.6. The smallest absolute Gasteiger partial charge is 0.120 e. The second-order valence-corrected chi connectivity index (χ2v) is 7.61. The molecule has 1 N–H and O–H groups in total. The van der Waals surface area contributed by atoms with E-state index in [-0.39, 0.29) is 6.61 Å². The maximum Gasteiger partial charge on any atom is 0.120 e. The second-order valence-electron chi connectivity index (χ2n) is 7.61. The fourth-order valence-electron chi connectivity index (χ4n) is 3.67. The molecular weight excluding hydrogens is 370 g/mol. The molecule has 152 valence electrons. The molecule has 3 heteroatoms. The molecule has 0 unspecified atom stereocenters. The van der Waals surface area contributed by atoms with E-state index in [0.717, 1.165) is 24.2 Å². The second kappa shape index (κ2) is 10.1. The van der Waals surface area contributed by atoms with E-state index in [9.17, 15) is 5.11 Å². The van der Waals surface area contributed by atoms with E-state index in [2.05, 4.69) is 65.6 Å². The standard InChI is InChI=1S/C27H27NO2/c29-26(21-30-27-16-15-24-13-7-8-14-25(24)17-27)20-28(18-22-9-3-1-4-10-22)19-23-11-5-2-6-12-23/h1-17,26,29H,18-21H2/t26-/m1/s1. The van der Waals surface area contributed by atoms with Crippen molar-refractivity contribution in [2.45, 2.75) is 19.2 Å². The molecular formula is C27H27NO2. The molecule has 0 spiro atoms. The summed E-state index contributed by atoms with van der Waals surface area (Å²) in [5.41, 5.74) is 2.46. The largest absolute Gasteiger partial charge is 0.491 e. The monoisotopic (exact) mass is 397 g/mol. The Balaban J connectivity index is 1.39. The molecule has 0 heterocycles. The number of rotatable bonds is 9. The summed E-state index contributed by atoms with van der Waals surface area (Å²) in [7, 11) is 0. The van der Waals surface area contributed by atoms with Crippen LogP contribution >= 0.6 is 0 Å². The van der Waals surface area contributed by atoms with Gasteiger partial charge in [0, 0.05) is 19.6 Å². The molecule has 3 nitrogen and oxygen atoms in total. The number of ether oxygens (including phenoxy) is 1. The van der Waals surface area contributed by atoms with Gasteiger partial charge in [-0.15, -0.1) is 0 Å². The molecule has 0 bridgehead atoms. The Bertz CT molecular complexity index is 1010. The minimum absolute atomic E-state index is 0.262. The Morgan fingerprint density at radius 1 is 0.667 bits per heavy atom. The average Bonchev–Trinajstić information content (AvgIpc) is 2.79. The van der Waals surface area contributed by atoms with Crippen molar-refractivity contribution in [3.05, 3.63) is 114 Å². The Kier molecular flexibility index (Phi) is 6.75. The molecule has 0 aliphatic heterocycles. The lowest BCUT2D eigenvalue weighted by Gasteiger charge is -2.25. The van der Waals surface area contributed by atoms with Gasteiger partial charge in [0.2, 0.25) is 0 Å². The van der Waals surface area contributed by atoms with Crippen LogP contribution in [0, 0.1) is 0 Å². The average molecular weight is 398 g/mol. The highest BCUT2D eigenvalue weighted by atomic mass is 16.5. The molecule has 4 aromatic rings. The van der Waals surface area contributed by atoms with Gasteiger partial charge in [-0.05, 0) is 34.0 Å². The van der Waals surface area contributed by atoms with Crippen LogP contribution in [0.25, 0.3) is 10.8 Å². The third-order valence-corrected chi connectivity index (χ3v) is 5.13. The van der Waals surface area contributed by atoms with Crippen molar-refractivity contribution in [3.63, 3.8) is 0 Å². The topological polar surface area (TPSA) is 32.7 Å². The van der Waals surface area contributed by atoms with Crippen LogP contribution in [0.4, 0.5) is 0 Å². The first-order valence-electron chi connectivity index (χ1n) is 10.4. The molecule has 30 heavy (non-hydrogen) atoms. The van der Waals surface area contributed by atoms with Crippen LogP contribution in [0.2, 0.25) is 0 Å². The summed E-state index contributed by atoms with van der Waals surface area (Å²) in [4.78, 5) is 2.26. The van der Waals surface area contributed by atoms with Crippen LogP contribution in [0.15, 0.2) is 103 Å². The summed E-state index contributed by atoms with van der Waals surface area (Å²) >= 11 is 0. The van der Waals surface area contributed by atoms with Crippen LogP contribution in [-0.2, 0) is 13.1 Å². The normalized spacial score (nSPS) is 12.2. The Labute approximate surface area is 178 Å². The van der Waals surface area contributed by atoms with Gasteiger partial charge in [-0.25, -0.2) is 0 Å². The van der Waals surface area contributed by atoms with Gasteiger partial charge in [-0.1, -0.05) is 91.0 Å². The Morgan fingerprint density at radius 2 is 1.23 bits per heavy atom. The predicted octanol–water partition coefficient (Wildman–Crippen LogP) is 5.28. The van der Waals surface area contributed by atoms with Gasteiger partial charge in [-0.2, -0.15) is 0 Å². The van der Waals surface area contributed by atoms with Gasteiger partial charge in [0.25, 0.3) is 0 Å².